The van der Waals surface area contributed by atoms with Crippen molar-refractivity contribution in [1.82, 2.24) is 14.5 Å². The first-order valence-corrected chi connectivity index (χ1v) is 7.62. The van der Waals surface area contributed by atoms with Gasteiger partial charge < -0.3 is 4.74 Å². The average Bonchev–Trinajstić information content (AvgIpc) is 2.76. The first-order chi connectivity index (χ1) is 8.39. The lowest BCUT2D eigenvalue weighted by molar-refractivity contribution is -0.0849. The van der Waals surface area contributed by atoms with E-state index >= 15 is 0 Å². The number of aromatic nitrogens is 2. The van der Waals surface area contributed by atoms with Crippen LogP contribution >= 0.6 is 0 Å². The molecule has 0 aliphatic carbocycles. The summed E-state index contributed by atoms with van der Waals surface area (Å²) in [4.78, 5) is 0. The molecule has 1 aromatic rings. The predicted octanol–water partition coefficient (Wildman–Crippen LogP) is 0.615. The second-order valence-corrected chi connectivity index (χ2v) is 7.00. The van der Waals surface area contributed by atoms with Gasteiger partial charge in [0.25, 0.3) is 0 Å². The Kier molecular flexibility index (Phi) is 3.48. The van der Waals surface area contributed by atoms with E-state index < -0.39 is 15.6 Å². The van der Waals surface area contributed by atoms with Crippen LogP contribution in [0.3, 0.4) is 0 Å². The van der Waals surface area contributed by atoms with Crippen LogP contribution in [0.15, 0.2) is 6.20 Å². The highest BCUT2D eigenvalue weighted by Gasteiger charge is 2.39. The van der Waals surface area contributed by atoms with Crippen LogP contribution in [0.4, 0.5) is 0 Å². The van der Waals surface area contributed by atoms with Gasteiger partial charge in [-0.2, -0.15) is 9.40 Å². The van der Waals surface area contributed by atoms with Crippen molar-refractivity contribution in [2.24, 2.45) is 0 Å². The number of hydrogen-bond acceptors (Lipinski definition) is 4. The van der Waals surface area contributed by atoms with Crippen LogP contribution in [0.5, 0.6) is 0 Å². The molecule has 1 atom stereocenters. The molecule has 102 valence electrons. The molecule has 0 saturated carbocycles. The number of ether oxygens (including phenoxy) is 1. The van der Waals surface area contributed by atoms with E-state index in [0.29, 0.717) is 19.7 Å². The molecule has 1 unspecified atom stereocenters. The van der Waals surface area contributed by atoms with Gasteiger partial charge in [-0.3, -0.25) is 5.10 Å². The number of nitrogens with zero attached hydrogens (tertiary/aromatic N) is 2. The number of hydrogen-bond donors (Lipinski definition) is 1. The van der Waals surface area contributed by atoms with Crippen LogP contribution in [0.25, 0.3) is 0 Å². The monoisotopic (exact) mass is 273 g/mol. The number of nitrogens with one attached hydrogen (secondary N) is 1. The lowest BCUT2D eigenvalue weighted by Gasteiger charge is -2.39. The summed E-state index contributed by atoms with van der Waals surface area (Å²) < 4.78 is 31.2. The van der Waals surface area contributed by atoms with Crippen LogP contribution in [0.2, 0.25) is 0 Å². The van der Waals surface area contributed by atoms with Crippen LogP contribution in [0.1, 0.15) is 25.1 Å². The Labute approximate surface area is 107 Å². The van der Waals surface area contributed by atoms with Gasteiger partial charge >= 0.3 is 0 Å². The third-order valence-corrected chi connectivity index (χ3v) is 5.18. The smallest absolute Gasteiger partial charge is 0.214 e. The fraction of sp³-hybridized carbons (Fsp3) is 0.727. The summed E-state index contributed by atoms with van der Waals surface area (Å²) in [7, 11) is -3.18. The lowest BCUT2D eigenvalue weighted by atomic mass is 9.98. The summed E-state index contributed by atoms with van der Waals surface area (Å²) in [6, 6.07) is 0. The first-order valence-electron chi connectivity index (χ1n) is 6.01. The van der Waals surface area contributed by atoms with Crippen LogP contribution in [0, 0.1) is 6.92 Å². The minimum absolute atomic E-state index is 0.116. The Morgan fingerprint density at radius 1 is 1.61 bits per heavy atom. The summed E-state index contributed by atoms with van der Waals surface area (Å²) in [6.45, 7) is 6.62. The summed E-state index contributed by atoms with van der Waals surface area (Å²) in [5.74, 6) is 0.116. The van der Waals surface area contributed by atoms with Gasteiger partial charge in [0, 0.05) is 13.1 Å². The Morgan fingerprint density at radius 3 is 2.89 bits per heavy atom. The van der Waals surface area contributed by atoms with Crippen molar-refractivity contribution >= 4 is 10.0 Å². The van der Waals surface area contributed by atoms with Crippen molar-refractivity contribution in [3.8, 4) is 0 Å². The van der Waals surface area contributed by atoms with Gasteiger partial charge in [-0.25, -0.2) is 8.42 Å². The first kappa shape index (κ1) is 13.5. The predicted molar refractivity (Wildman–Crippen MR) is 67.7 cm³/mol. The molecule has 6 nitrogen and oxygen atoms in total. The summed E-state index contributed by atoms with van der Waals surface area (Å²) in [5.41, 5.74) is 1.17. The largest absolute Gasteiger partial charge is 0.366 e. The molecule has 1 fully saturated rings. The standard InChI is InChI=1S/C11H19N3O3S/c1-4-18(15,16)14-5-6-17-11(3,8-14)10-9(2)7-12-13-10/h7H,4-6,8H2,1-3H3,(H,12,13). The van der Waals surface area contributed by atoms with Crippen molar-refractivity contribution < 1.29 is 13.2 Å². The number of aromatic amines is 1. The van der Waals surface area contributed by atoms with Crippen molar-refractivity contribution in [3.63, 3.8) is 0 Å². The molecule has 0 radical (unpaired) electrons. The lowest BCUT2D eigenvalue weighted by Crippen LogP contribution is -2.51. The van der Waals surface area contributed by atoms with Crippen LogP contribution < -0.4 is 0 Å². The third kappa shape index (κ3) is 2.30. The zero-order valence-corrected chi connectivity index (χ0v) is 11.7. The van der Waals surface area contributed by atoms with E-state index in [9.17, 15) is 8.42 Å². The molecular formula is C11H19N3O3S. The van der Waals surface area contributed by atoms with E-state index in [0.717, 1.165) is 11.3 Å². The Hall–Kier alpha value is -0.920. The summed E-state index contributed by atoms with van der Waals surface area (Å²) >= 11 is 0. The molecule has 0 spiro atoms. The highest BCUT2D eigenvalue weighted by atomic mass is 32.2. The van der Waals surface area contributed by atoms with E-state index in [2.05, 4.69) is 10.2 Å². The van der Waals surface area contributed by atoms with Gasteiger partial charge in [0.05, 0.1) is 24.3 Å². The van der Waals surface area contributed by atoms with E-state index in [4.69, 9.17) is 4.74 Å². The van der Waals surface area contributed by atoms with Gasteiger partial charge in [0.15, 0.2) is 0 Å². The number of H-pyrrole nitrogens is 1. The molecule has 18 heavy (non-hydrogen) atoms. The Morgan fingerprint density at radius 2 is 2.33 bits per heavy atom. The minimum Gasteiger partial charge on any atom is -0.366 e. The molecule has 1 saturated heterocycles. The quantitative estimate of drug-likeness (QED) is 0.876. The Bertz CT molecular complexity index is 525. The molecule has 0 aromatic carbocycles. The van der Waals surface area contributed by atoms with E-state index in [1.807, 2.05) is 13.8 Å². The van der Waals surface area contributed by atoms with Gasteiger partial charge in [-0.1, -0.05) is 0 Å². The van der Waals surface area contributed by atoms with Gasteiger partial charge in [-0.05, 0) is 26.3 Å². The SMILES string of the molecule is CCS(=O)(=O)N1CCOC(C)(c2[nH]ncc2C)C1. The number of sulfonamides is 1. The Balaban J connectivity index is 2.29. The van der Waals surface area contributed by atoms with Gasteiger partial charge in [-0.15, -0.1) is 0 Å². The van der Waals surface area contributed by atoms with Crippen LogP contribution in [-0.4, -0.2) is 48.4 Å². The maximum atomic E-state index is 11.9. The molecule has 2 rings (SSSR count). The van der Waals surface area contributed by atoms with E-state index in [1.165, 1.54) is 4.31 Å². The molecule has 2 heterocycles. The van der Waals surface area contributed by atoms with Gasteiger partial charge in [0.2, 0.25) is 10.0 Å². The zero-order chi connectivity index (χ0) is 13.4. The molecule has 1 N–H and O–H groups in total. The second kappa shape index (κ2) is 4.64. The van der Waals surface area contributed by atoms with Crippen molar-refractivity contribution in [1.29, 1.82) is 0 Å². The molecule has 0 bridgehead atoms. The molecule has 7 heteroatoms. The highest BCUT2D eigenvalue weighted by Crippen LogP contribution is 2.31. The minimum atomic E-state index is -3.18. The topological polar surface area (TPSA) is 75.3 Å². The van der Waals surface area contributed by atoms with E-state index in [-0.39, 0.29) is 5.75 Å². The molecule has 0 amide bonds. The number of rotatable bonds is 3. The maximum Gasteiger partial charge on any atom is 0.214 e. The summed E-state index contributed by atoms with van der Waals surface area (Å²) in [6.07, 6.45) is 1.72. The number of aryl methyl sites for hydroxylation is 1. The third-order valence-electron chi connectivity index (χ3n) is 3.36. The van der Waals surface area contributed by atoms with E-state index in [1.54, 1.807) is 13.1 Å². The summed E-state index contributed by atoms with van der Waals surface area (Å²) in [5, 5.41) is 6.89. The second-order valence-electron chi connectivity index (χ2n) is 4.74. The maximum absolute atomic E-state index is 11.9. The zero-order valence-electron chi connectivity index (χ0n) is 10.9. The normalized spacial score (nSPS) is 26.4. The molecule has 1 aromatic heterocycles. The van der Waals surface area contributed by atoms with Crippen molar-refractivity contribution in [2.75, 3.05) is 25.4 Å². The van der Waals surface area contributed by atoms with Crippen LogP contribution in [-0.2, 0) is 20.4 Å². The molecule has 1 aliphatic heterocycles. The fourth-order valence-electron chi connectivity index (χ4n) is 2.29. The fourth-order valence-corrected chi connectivity index (χ4v) is 3.45. The van der Waals surface area contributed by atoms with Crippen molar-refractivity contribution in [3.05, 3.63) is 17.5 Å². The van der Waals surface area contributed by atoms with Crippen molar-refractivity contribution in [2.45, 2.75) is 26.4 Å². The number of morpholine rings is 1. The average molecular weight is 273 g/mol. The molecule has 1 aliphatic rings. The molecular weight excluding hydrogens is 254 g/mol. The van der Waals surface area contributed by atoms with Gasteiger partial charge in [0.1, 0.15) is 5.60 Å². The highest BCUT2D eigenvalue weighted by molar-refractivity contribution is 7.89.